The van der Waals surface area contributed by atoms with Gasteiger partial charge in [-0.05, 0) is 36.1 Å². The Morgan fingerprint density at radius 3 is 2.95 bits per heavy atom. The first-order valence-electron chi connectivity index (χ1n) is 7.36. The van der Waals surface area contributed by atoms with Crippen LogP contribution in [0.5, 0.6) is 5.75 Å². The minimum Gasteiger partial charge on any atom is -0.497 e. The van der Waals surface area contributed by atoms with E-state index in [4.69, 9.17) is 4.74 Å². The predicted octanol–water partition coefficient (Wildman–Crippen LogP) is 4.08. The molecule has 1 aliphatic heterocycles. The number of carbonyl (C=O) groups excluding carboxylic acids is 1. The van der Waals surface area contributed by atoms with Crippen LogP contribution in [0.4, 0.5) is 0 Å². The second kappa shape index (κ2) is 7.20. The lowest BCUT2D eigenvalue weighted by Gasteiger charge is -2.20. The van der Waals surface area contributed by atoms with Crippen LogP contribution in [-0.4, -0.2) is 36.8 Å². The number of rotatable bonds is 3. The summed E-state index contributed by atoms with van der Waals surface area (Å²) in [6, 6.07) is 11.7. The van der Waals surface area contributed by atoms with Gasteiger partial charge >= 0.3 is 0 Å². The van der Waals surface area contributed by atoms with E-state index in [1.165, 1.54) is 4.88 Å². The fourth-order valence-corrected chi connectivity index (χ4v) is 4.85. The molecule has 1 aromatic carbocycles. The minimum absolute atomic E-state index is 0.103. The molecule has 0 bridgehead atoms. The molecule has 1 saturated heterocycles. The van der Waals surface area contributed by atoms with E-state index in [9.17, 15) is 4.79 Å². The van der Waals surface area contributed by atoms with E-state index in [1.807, 2.05) is 52.3 Å². The van der Waals surface area contributed by atoms with Crippen LogP contribution >= 0.6 is 23.1 Å². The number of thiophene rings is 1. The first kappa shape index (κ1) is 15.4. The summed E-state index contributed by atoms with van der Waals surface area (Å²) in [6.45, 7) is 1.62. The number of thioether (sulfide) groups is 1. The van der Waals surface area contributed by atoms with E-state index >= 15 is 0 Å². The molecule has 1 fully saturated rings. The van der Waals surface area contributed by atoms with Crippen molar-refractivity contribution in [3.63, 3.8) is 0 Å². The maximum absolute atomic E-state index is 12.7. The quantitative estimate of drug-likeness (QED) is 0.848. The molecule has 5 heteroatoms. The summed E-state index contributed by atoms with van der Waals surface area (Å²) in [4.78, 5) is 16.1. The monoisotopic (exact) mass is 333 g/mol. The van der Waals surface area contributed by atoms with Gasteiger partial charge in [-0.25, -0.2) is 0 Å². The Morgan fingerprint density at radius 2 is 2.18 bits per heavy atom. The van der Waals surface area contributed by atoms with Crippen LogP contribution in [0, 0.1) is 0 Å². The Balaban J connectivity index is 1.68. The fourth-order valence-electron chi connectivity index (χ4n) is 2.61. The van der Waals surface area contributed by atoms with E-state index in [-0.39, 0.29) is 5.91 Å². The van der Waals surface area contributed by atoms with Gasteiger partial charge in [0, 0.05) is 34.5 Å². The maximum atomic E-state index is 12.7. The Labute approximate surface area is 139 Å². The summed E-state index contributed by atoms with van der Waals surface area (Å²) in [5.41, 5.74) is 0.707. The predicted molar refractivity (Wildman–Crippen MR) is 93.0 cm³/mol. The Bertz CT molecular complexity index is 627. The van der Waals surface area contributed by atoms with Crippen molar-refractivity contribution in [2.24, 2.45) is 0 Å². The average molecular weight is 333 g/mol. The highest BCUT2D eigenvalue weighted by Crippen LogP contribution is 2.36. The summed E-state index contributed by atoms with van der Waals surface area (Å²) in [7, 11) is 1.62. The van der Waals surface area contributed by atoms with Gasteiger partial charge in [0.15, 0.2) is 0 Å². The zero-order chi connectivity index (χ0) is 15.4. The highest BCUT2D eigenvalue weighted by molar-refractivity contribution is 7.99. The second-order valence-electron chi connectivity index (χ2n) is 5.19. The summed E-state index contributed by atoms with van der Waals surface area (Å²) >= 11 is 3.77. The Hall–Kier alpha value is -1.46. The van der Waals surface area contributed by atoms with E-state index in [1.54, 1.807) is 7.11 Å². The summed E-state index contributed by atoms with van der Waals surface area (Å²) < 4.78 is 5.21. The van der Waals surface area contributed by atoms with Gasteiger partial charge in [-0.3, -0.25) is 4.79 Å². The molecule has 0 radical (unpaired) electrons. The lowest BCUT2D eigenvalue weighted by atomic mass is 10.1. The standard InChI is InChI=1S/C17H19NO2S2/c1-20-14-5-2-4-13(12-14)17(19)18-8-7-16(22-11-9-18)15-6-3-10-21-15/h2-6,10,12,16H,7-9,11H2,1H3. The molecule has 2 heterocycles. The van der Waals surface area contributed by atoms with E-state index < -0.39 is 0 Å². The van der Waals surface area contributed by atoms with Crippen LogP contribution in [-0.2, 0) is 0 Å². The number of ether oxygens (including phenoxy) is 1. The molecule has 2 aromatic rings. The van der Waals surface area contributed by atoms with Crippen LogP contribution in [0.1, 0.15) is 26.9 Å². The molecule has 1 unspecified atom stereocenters. The number of amides is 1. The molecule has 1 amide bonds. The van der Waals surface area contributed by atoms with E-state index in [0.29, 0.717) is 10.8 Å². The van der Waals surface area contributed by atoms with Crippen molar-refractivity contribution in [3.05, 3.63) is 52.2 Å². The SMILES string of the molecule is COc1cccc(C(=O)N2CCSC(c3cccs3)CC2)c1. The number of benzene rings is 1. The second-order valence-corrected chi connectivity index (χ2v) is 7.48. The van der Waals surface area contributed by atoms with Crippen LogP contribution in [0.2, 0.25) is 0 Å². The molecule has 116 valence electrons. The molecular formula is C17H19NO2S2. The van der Waals surface area contributed by atoms with Crippen molar-refractivity contribution < 1.29 is 9.53 Å². The summed E-state index contributed by atoms with van der Waals surface area (Å²) in [5, 5.41) is 2.64. The Kier molecular flexibility index (Phi) is 5.05. The molecule has 0 N–H and O–H groups in total. The first-order chi connectivity index (χ1) is 10.8. The van der Waals surface area contributed by atoms with Gasteiger partial charge in [0.05, 0.1) is 7.11 Å². The zero-order valence-corrected chi connectivity index (χ0v) is 14.2. The lowest BCUT2D eigenvalue weighted by molar-refractivity contribution is 0.0766. The Morgan fingerprint density at radius 1 is 1.27 bits per heavy atom. The van der Waals surface area contributed by atoms with Crippen LogP contribution in [0.3, 0.4) is 0 Å². The zero-order valence-electron chi connectivity index (χ0n) is 12.5. The highest BCUT2D eigenvalue weighted by atomic mass is 32.2. The number of carbonyl (C=O) groups is 1. The number of hydrogen-bond donors (Lipinski definition) is 0. The minimum atomic E-state index is 0.103. The summed E-state index contributed by atoms with van der Waals surface area (Å²) in [5.74, 6) is 1.82. The van der Waals surface area contributed by atoms with Gasteiger partial charge in [0.2, 0.25) is 0 Å². The van der Waals surface area contributed by atoms with Crippen molar-refractivity contribution in [1.29, 1.82) is 0 Å². The van der Waals surface area contributed by atoms with E-state index in [2.05, 4.69) is 17.5 Å². The first-order valence-corrected chi connectivity index (χ1v) is 9.29. The molecule has 22 heavy (non-hydrogen) atoms. The molecule has 3 rings (SSSR count). The van der Waals surface area contributed by atoms with Gasteiger partial charge in [-0.15, -0.1) is 11.3 Å². The van der Waals surface area contributed by atoms with Crippen molar-refractivity contribution in [3.8, 4) is 5.75 Å². The topological polar surface area (TPSA) is 29.5 Å². The molecule has 1 aliphatic rings. The molecule has 1 atom stereocenters. The lowest BCUT2D eigenvalue weighted by Crippen LogP contribution is -2.32. The van der Waals surface area contributed by atoms with Crippen molar-refractivity contribution in [2.75, 3.05) is 26.0 Å². The average Bonchev–Trinajstić information content (AvgIpc) is 2.99. The highest BCUT2D eigenvalue weighted by Gasteiger charge is 2.23. The third-order valence-electron chi connectivity index (χ3n) is 3.81. The van der Waals surface area contributed by atoms with Crippen molar-refractivity contribution >= 4 is 29.0 Å². The largest absolute Gasteiger partial charge is 0.497 e. The smallest absolute Gasteiger partial charge is 0.254 e. The van der Waals surface area contributed by atoms with Crippen molar-refractivity contribution in [1.82, 2.24) is 4.90 Å². The van der Waals surface area contributed by atoms with Crippen LogP contribution < -0.4 is 4.74 Å². The number of methoxy groups -OCH3 is 1. The molecule has 1 aromatic heterocycles. The number of hydrogen-bond acceptors (Lipinski definition) is 4. The van der Waals surface area contributed by atoms with Gasteiger partial charge in [-0.1, -0.05) is 12.1 Å². The summed E-state index contributed by atoms with van der Waals surface area (Å²) in [6.07, 6.45) is 1.01. The van der Waals surface area contributed by atoms with Gasteiger partial charge in [0.25, 0.3) is 5.91 Å². The van der Waals surface area contributed by atoms with Crippen LogP contribution in [0.25, 0.3) is 0 Å². The maximum Gasteiger partial charge on any atom is 0.254 e. The molecule has 0 spiro atoms. The third-order valence-corrected chi connectivity index (χ3v) is 6.25. The van der Waals surface area contributed by atoms with E-state index in [0.717, 1.165) is 31.0 Å². The van der Waals surface area contributed by atoms with Gasteiger partial charge in [0.1, 0.15) is 5.75 Å². The normalized spacial score (nSPS) is 18.8. The molecular weight excluding hydrogens is 314 g/mol. The molecule has 3 nitrogen and oxygen atoms in total. The van der Waals surface area contributed by atoms with Gasteiger partial charge in [-0.2, -0.15) is 11.8 Å². The molecule has 0 saturated carbocycles. The van der Waals surface area contributed by atoms with Crippen molar-refractivity contribution in [2.45, 2.75) is 11.7 Å². The van der Waals surface area contributed by atoms with Crippen LogP contribution in [0.15, 0.2) is 41.8 Å². The van der Waals surface area contributed by atoms with Gasteiger partial charge < -0.3 is 9.64 Å². The fraction of sp³-hybridized carbons (Fsp3) is 0.353. The number of nitrogens with zero attached hydrogens (tertiary/aromatic N) is 1. The third kappa shape index (κ3) is 3.47. The molecule has 0 aliphatic carbocycles.